The van der Waals surface area contributed by atoms with Gasteiger partial charge < -0.3 is 37.8 Å². The number of nitrogens with one attached hydrogen (secondary N) is 4. The molecule has 3 aromatic carbocycles. The molecule has 262 valence electrons. The average Bonchev–Trinajstić information content (AvgIpc) is 3.07. The summed E-state index contributed by atoms with van der Waals surface area (Å²) < 4.78 is 0.645. The summed E-state index contributed by atoms with van der Waals surface area (Å²) in [4.78, 5) is 60.6. The fourth-order valence-corrected chi connectivity index (χ4v) is 6.44. The highest BCUT2D eigenvalue weighted by Crippen LogP contribution is 2.22. The normalized spacial score (nSPS) is 21.2. The predicted octanol–water partition coefficient (Wildman–Crippen LogP) is 1.63. The number of halogens is 1. The molecular formula is C35H45IN8O5. The Morgan fingerprint density at radius 1 is 0.878 bits per heavy atom. The molecule has 0 bridgehead atoms. The monoisotopic (exact) mass is 784 g/mol. The van der Waals surface area contributed by atoms with Gasteiger partial charge in [0.1, 0.15) is 17.8 Å². The zero-order valence-corrected chi connectivity index (χ0v) is 29.9. The minimum absolute atomic E-state index is 0.0762. The van der Waals surface area contributed by atoms with Gasteiger partial charge in [0.05, 0.1) is 22.3 Å². The largest absolute Gasteiger partial charge is 0.507 e. The summed E-state index contributed by atoms with van der Waals surface area (Å²) in [6.07, 6.45) is 1.53. The van der Waals surface area contributed by atoms with Crippen molar-refractivity contribution in [2.24, 2.45) is 16.5 Å². The molecule has 1 saturated heterocycles. The quantitative estimate of drug-likeness (QED) is 0.0696. The lowest BCUT2D eigenvalue weighted by molar-refractivity contribution is -0.136. The number of amides is 4. The maximum atomic E-state index is 14.0. The summed E-state index contributed by atoms with van der Waals surface area (Å²) in [6, 6.07) is 16.1. The molecule has 1 fully saturated rings. The first kappa shape index (κ1) is 37.4. The van der Waals surface area contributed by atoms with Crippen molar-refractivity contribution in [1.82, 2.24) is 26.2 Å². The number of nitrogens with two attached hydrogens (primary N) is 2. The molecule has 4 rings (SSSR count). The van der Waals surface area contributed by atoms with E-state index in [-0.39, 0.29) is 37.6 Å². The third kappa shape index (κ3) is 10.8. The van der Waals surface area contributed by atoms with E-state index in [1.165, 1.54) is 0 Å². The lowest BCUT2D eigenvalue weighted by atomic mass is 10.00. The summed E-state index contributed by atoms with van der Waals surface area (Å²) in [5.74, 6) is -1.86. The van der Waals surface area contributed by atoms with Crippen molar-refractivity contribution in [3.8, 4) is 5.75 Å². The number of fused-ring (bicyclic) bond motifs is 1. The highest BCUT2D eigenvalue weighted by atomic mass is 127. The number of hydrogen-bond donors (Lipinski definition) is 7. The van der Waals surface area contributed by atoms with Gasteiger partial charge in [-0.1, -0.05) is 61.9 Å². The maximum absolute atomic E-state index is 14.0. The van der Waals surface area contributed by atoms with E-state index in [2.05, 4.69) is 26.3 Å². The zero-order chi connectivity index (χ0) is 35.5. The second kappa shape index (κ2) is 17.8. The first-order valence-corrected chi connectivity index (χ1v) is 17.4. The van der Waals surface area contributed by atoms with Crippen LogP contribution in [0.15, 0.2) is 65.7 Å². The summed E-state index contributed by atoms with van der Waals surface area (Å²) in [6.45, 7) is 1.86. The van der Waals surface area contributed by atoms with Crippen LogP contribution in [0.5, 0.6) is 5.75 Å². The highest BCUT2D eigenvalue weighted by Gasteiger charge is 2.34. The van der Waals surface area contributed by atoms with Crippen LogP contribution in [0.25, 0.3) is 10.8 Å². The molecular weight excluding hydrogens is 739 g/mol. The minimum atomic E-state index is -1.04. The van der Waals surface area contributed by atoms with Crippen molar-refractivity contribution in [2.75, 3.05) is 20.1 Å². The standard InChI is InChI=1S/C35H45IN8O5/c1-3-7-28-34(49)41-26(10-6-15-39-35(37)38)33(48)42-27(18-21-11-13-23-8-4-5-9-24(23)16-21)32(47)40-20-31(46)43-30(44(28)2)19-22-12-14-29(45)25(36)17-22/h4-5,8-9,11-14,16-17,26-28,30,45H,3,6-7,10,15,18-20H2,1-2H3,(H,40,47)(H,41,49)(H,42,48)(H,43,46)(H4,37,38,39)/t26-,27-,28+,30-/m0/s1. The SMILES string of the molecule is CCC[C@@H]1C(=O)N[C@@H](CCCN=C(N)N)C(=O)N[C@@H](Cc2ccc3ccccc3c2)C(=O)NCC(=O)N[C@H](Cc2ccc(O)c(I)c2)N1C. The van der Waals surface area contributed by atoms with E-state index >= 15 is 0 Å². The van der Waals surface area contributed by atoms with Gasteiger partial charge in [-0.15, -0.1) is 0 Å². The van der Waals surface area contributed by atoms with Gasteiger partial charge in [0.25, 0.3) is 0 Å². The number of phenols is 1. The van der Waals surface area contributed by atoms with E-state index in [1.807, 2.05) is 78.0 Å². The Labute approximate surface area is 299 Å². The van der Waals surface area contributed by atoms with Crippen LogP contribution in [-0.2, 0) is 32.0 Å². The number of likely N-dealkylation sites (N-methyl/N-ethyl adjacent to an activating group) is 1. The molecule has 0 aliphatic carbocycles. The summed E-state index contributed by atoms with van der Waals surface area (Å²) >= 11 is 2.03. The number of rotatable bonds is 10. The molecule has 4 atom stereocenters. The van der Waals surface area contributed by atoms with Crippen molar-refractivity contribution in [3.63, 3.8) is 0 Å². The Balaban J connectivity index is 1.67. The van der Waals surface area contributed by atoms with E-state index in [0.29, 0.717) is 29.3 Å². The number of nitrogens with zero attached hydrogens (tertiary/aromatic N) is 2. The summed E-state index contributed by atoms with van der Waals surface area (Å²) in [5, 5.41) is 23.5. The van der Waals surface area contributed by atoms with Gasteiger partial charge in [-0.2, -0.15) is 0 Å². The van der Waals surface area contributed by atoms with Gasteiger partial charge in [0.15, 0.2) is 5.96 Å². The molecule has 0 radical (unpaired) electrons. The molecule has 9 N–H and O–H groups in total. The van der Waals surface area contributed by atoms with E-state index in [4.69, 9.17) is 11.5 Å². The molecule has 14 heteroatoms. The predicted molar refractivity (Wildman–Crippen MR) is 197 cm³/mol. The van der Waals surface area contributed by atoms with Gasteiger partial charge in [-0.05, 0) is 82.9 Å². The number of phenolic OH excluding ortho intramolecular Hbond substituents is 1. The Kier molecular flexibility index (Phi) is 13.6. The Bertz CT molecular complexity index is 1680. The fraction of sp³-hybridized carbons (Fsp3) is 0.400. The molecule has 4 amide bonds. The maximum Gasteiger partial charge on any atom is 0.243 e. The highest BCUT2D eigenvalue weighted by molar-refractivity contribution is 14.1. The van der Waals surface area contributed by atoms with E-state index < -0.39 is 47.9 Å². The fourth-order valence-electron chi connectivity index (χ4n) is 5.86. The number of aliphatic imine (C=N–C) groups is 1. The lowest BCUT2D eigenvalue weighted by Crippen LogP contribution is -2.61. The van der Waals surface area contributed by atoms with Gasteiger partial charge in [0, 0.05) is 19.4 Å². The molecule has 1 aliphatic heterocycles. The second-order valence-corrected chi connectivity index (χ2v) is 13.4. The first-order chi connectivity index (χ1) is 23.4. The topological polar surface area (TPSA) is 204 Å². The average molecular weight is 785 g/mol. The van der Waals surface area contributed by atoms with Crippen molar-refractivity contribution in [2.45, 2.75) is 69.7 Å². The van der Waals surface area contributed by atoms with Gasteiger partial charge in [-0.25, -0.2) is 0 Å². The molecule has 0 spiro atoms. The van der Waals surface area contributed by atoms with Gasteiger partial charge in [-0.3, -0.25) is 29.1 Å². The van der Waals surface area contributed by atoms with E-state index in [9.17, 15) is 24.3 Å². The van der Waals surface area contributed by atoms with Crippen molar-refractivity contribution >= 4 is 63.0 Å². The third-order valence-corrected chi connectivity index (χ3v) is 9.37. The molecule has 0 aromatic heterocycles. The zero-order valence-electron chi connectivity index (χ0n) is 27.7. The lowest BCUT2D eigenvalue weighted by Gasteiger charge is -2.36. The third-order valence-electron chi connectivity index (χ3n) is 8.50. The smallest absolute Gasteiger partial charge is 0.243 e. The Hall–Kier alpha value is -4.44. The van der Waals surface area contributed by atoms with Gasteiger partial charge >= 0.3 is 0 Å². The number of benzene rings is 3. The molecule has 0 saturated carbocycles. The van der Waals surface area contributed by atoms with Gasteiger partial charge in [0.2, 0.25) is 23.6 Å². The van der Waals surface area contributed by atoms with Crippen LogP contribution < -0.4 is 32.7 Å². The van der Waals surface area contributed by atoms with Crippen LogP contribution in [0.3, 0.4) is 0 Å². The first-order valence-electron chi connectivity index (χ1n) is 16.3. The molecule has 49 heavy (non-hydrogen) atoms. The number of carbonyl (C=O) groups excluding carboxylic acids is 4. The Morgan fingerprint density at radius 3 is 2.29 bits per heavy atom. The number of hydrogen-bond acceptors (Lipinski definition) is 7. The van der Waals surface area contributed by atoms with Crippen LogP contribution in [0.4, 0.5) is 0 Å². The second-order valence-electron chi connectivity index (χ2n) is 12.2. The number of guanidine groups is 1. The minimum Gasteiger partial charge on any atom is -0.507 e. The van der Waals surface area contributed by atoms with Crippen molar-refractivity contribution < 1.29 is 24.3 Å². The number of aromatic hydroxyl groups is 1. The number of carbonyl (C=O) groups is 4. The Morgan fingerprint density at radius 2 is 1.57 bits per heavy atom. The molecule has 13 nitrogen and oxygen atoms in total. The van der Waals surface area contributed by atoms with Crippen molar-refractivity contribution in [3.05, 3.63) is 75.4 Å². The van der Waals surface area contributed by atoms with E-state index in [1.54, 1.807) is 24.1 Å². The van der Waals surface area contributed by atoms with Crippen molar-refractivity contribution in [1.29, 1.82) is 0 Å². The van der Waals surface area contributed by atoms with Crippen LogP contribution in [0.2, 0.25) is 0 Å². The van der Waals surface area contributed by atoms with Crippen LogP contribution in [-0.4, -0.2) is 84.0 Å². The summed E-state index contributed by atoms with van der Waals surface area (Å²) in [5.41, 5.74) is 12.6. The van der Waals surface area contributed by atoms with E-state index in [0.717, 1.165) is 21.9 Å². The van der Waals surface area contributed by atoms with Crippen LogP contribution in [0, 0.1) is 3.57 Å². The van der Waals surface area contributed by atoms with Crippen LogP contribution in [0.1, 0.15) is 43.7 Å². The molecule has 0 unspecified atom stereocenters. The molecule has 3 aromatic rings. The summed E-state index contributed by atoms with van der Waals surface area (Å²) in [7, 11) is 1.74. The molecule has 1 aliphatic rings. The molecule has 1 heterocycles. The van der Waals surface area contributed by atoms with Crippen LogP contribution >= 0.6 is 22.6 Å².